The van der Waals surface area contributed by atoms with Gasteiger partial charge in [-0.2, -0.15) is 0 Å². The van der Waals surface area contributed by atoms with Gasteiger partial charge >= 0.3 is 0 Å². The van der Waals surface area contributed by atoms with Gasteiger partial charge in [-0.25, -0.2) is 0 Å². The van der Waals surface area contributed by atoms with Crippen molar-refractivity contribution in [2.24, 2.45) is 16.7 Å². The molecule has 0 N–H and O–H groups in total. The summed E-state index contributed by atoms with van der Waals surface area (Å²) in [7, 11) is 0. The Bertz CT molecular complexity index is 406. The molecule has 1 heterocycles. The summed E-state index contributed by atoms with van der Waals surface area (Å²) in [6.45, 7) is 11.4. The maximum Gasteiger partial charge on any atom is 0.0728 e. The average Bonchev–Trinajstić information content (AvgIpc) is 2.37. The van der Waals surface area contributed by atoms with Crippen LogP contribution in [0.5, 0.6) is 0 Å². The molecule has 0 radical (unpaired) electrons. The van der Waals surface area contributed by atoms with E-state index >= 15 is 0 Å². The minimum Gasteiger partial charge on any atom is -0.143 e. The van der Waals surface area contributed by atoms with Crippen LogP contribution in [0.2, 0.25) is 0 Å². The van der Waals surface area contributed by atoms with Gasteiger partial charge in [-0.05, 0) is 45.7 Å². The lowest BCUT2D eigenvalue weighted by Gasteiger charge is -2.10. The van der Waals surface area contributed by atoms with E-state index in [1.54, 1.807) is 0 Å². The lowest BCUT2D eigenvalue weighted by Crippen LogP contribution is -1.97. The molecule has 0 bridgehead atoms. The van der Waals surface area contributed by atoms with Gasteiger partial charge in [0, 0.05) is 14.2 Å². The third kappa shape index (κ3) is 1.69. The van der Waals surface area contributed by atoms with Crippen LogP contribution in [0, 0.1) is 23.7 Å². The molecule has 0 nitrogen and oxygen atoms in total. The highest BCUT2D eigenvalue weighted by molar-refractivity contribution is 9.10. The zero-order chi connectivity index (χ0) is 12.3. The standard InChI is InChI=1S/C13H18BrClS/c1-7-6-8(14)10(16-7)9(15)11-12(2,3)13(11,4)5/h6,9,11H,1-5H3. The number of rotatable bonds is 2. The highest BCUT2D eigenvalue weighted by Gasteiger charge is 2.67. The first kappa shape index (κ1) is 12.9. The van der Waals surface area contributed by atoms with Crippen molar-refractivity contribution in [2.75, 3.05) is 0 Å². The average molecular weight is 322 g/mol. The van der Waals surface area contributed by atoms with Gasteiger partial charge in [-0.1, -0.05) is 27.7 Å². The van der Waals surface area contributed by atoms with Gasteiger partial charge in [-0.15, -0.1) is 22.9 Å². The molecule has 1 saturated carbocycles. The largest absolute Gasteiger partial charge is 0.143 e. The fourth-order valence-corrected chi connectivity index (χ4v) is 5.75. The fraction of sp³-hybridized carbons (Fsp3) is 0.692. The molecule has 1 unspecified atom stereocenters. The molecule has 1 aliphatic rings. The molecular formula is C13H18BrClS. The summed E-state index contributed by atoms with van der Waals surface area (Å²) in [6, 6.07) is 2.16. The Morgan fingerprint density at radius 1 is 1.31 bits per heavy atom. The van der Waals surface area contributed by atoms with Crippen molar-refractivity contribution in [3.8, 4) is 0 Å². The summed E-state index contributed by atoms with van der Waals surface area (Å²) in [5, 5.41) is 0.137. The minimum absolute atomic E-state index is 0.137. The van der Waals surface area contributed by atoms with Gasteiger partial charge in [0.15, 0.2) is 0 Å². The monoisotopic (exact) mass is 320 g/mol. The Balaban J connectivity index is 2.29. The summed E-state index contributed by atoms with van der Waals surface area (Å²) in [5.74, 6) is 0.566. The number of alkyl halides is 1. The molecule has 1 aliphatic carbocycles. The number of hydrogen-bond donors (Lipinski definition) is 0. The maximum atomic E-state index is 6.67. The van der Waals surface area contributed by atoms with Gasteiger partial charge in [0.2, 0.25) is 0 Å². The fourth-order valence-electron chi connectivity index (χ4n) is 2.82. The molecule has 1 atom stereocenters. The molecule has 1 fully saturated rings. The third-order valence-corrected chi connectivity index (χ3v) is 7.16. The van der Waals surface area contributed by atoms with Gasteiger partial charge in [0.05, 0.1) is 5.38 Å². The van der Waals surface area contributed by atoms with E-state index < -0.39 is 0 Å². The maximum absolute atomic E-state index is 6.67. The first-order valence-electron chi connectivity index (χ1n) is 5.59. The lowest BCUT2D eigenvalue weighted by atomic mass is 10.0. The van der Waals surface area contributed by atoms with Crippen molar-refractivity contribution in [1.82, 2.24) is 0 Å². The van der Waals surface area contributed by atoms with E-state index in [1.807, 2.05) is 11.3 Å². The molecule has 1 aromatic rings. The van der Waals surface area contributed by atoms with Crippen LogP contribution in [-0.4, -0.2) is 0 Å². The molecule has 90 valence electrons. The Hall–Kier alpha value is 0.470. The van der Waals surface area contributed by atoms with Crippen LogP contribution in [-0.2, 0) is 0 Å². The second kappa shape index (κ2) is 3.73. The number of halogens is 2. The van der Waals surface area contributed by atoms with Crippen LogP contribution in [0.1, 0.15) is 42.8 Å². The summed E-state index contributed by atoms with van der Waals surface area (Å²) >= 11 is 12.1. The molecule has 0 spiro atoms. The zero-order valence-electron chi connectivity index (χ0n) is 10.4. The Kier molecular flexibility index (Phi) is 3.01. The highest BCUT2D eigenvalue weighted by atomic mass is 79.9. The normalized spacial score (nSPS) is 24.4. The van der Waals surface area contributed by atoms with Crippen molar-refractivity contribution >= 4 is 38.9 Å². The van der Waals surface area contributed by atoms with Crippen molar-refractivity contribution in [3.05, 3.63) is 20.3 Å². The van der Waals surface area contributed by atoms with Gasteiger partial charge in [-0.3, -0.25) is 0 Å². The van der Waals surface area contributed by atoms with E-state index in [0.29, 0.717) is 16.7 Å². The molecule has 0 amide bonds. The first-order valence-corrected chi connectivity index (χ1v) is 7.64. The van der Waals surface area contributed by atoms with Crippen LogP contribution in [0.3, 0.4) is 0 Å². The summed E-state index contributed by atoms with van der Waals surface area (Å²) in [6.07, 6.45) is 0. The van der Waals surface area contributed by atoms with Crippen molar-refractivity contribution in [3.63, 3.8) is 0 Å². The zero-order valence-corrected chi connectivity index (χ0v) is 13.6. The minimum atomic E-state index is 0.137. The van der Waals surface area contributed by atoms with Gasteiger partial charge in [0.25, 0.3) is 0 Å². The third-order valence-electron chi connectivity index (χ3n) is 4.51. The molecule has 0 aliphatic heterocycles. The number of hydrogen-bond acceptors (Lipinski definition) is 1. The highest BCUT2D eigenvalue weighted by Crippen LogP contribution is 2.74. The van der Waals surface area contributed by atoms with E-state index in [1.165, 1.54) is 14.2 Å². The van der Waals surface area contributed by atoms with Crippen LogP contribution >= 0.6 is 38.9 Å². The van der Waals surface area contributed by atoms with E-state index in [4.69, 9.17) is 11.6 Å². The molecule has 0 saturated heterocycles. The quantitative estimate of drug-likeness (QED) is 0.606. The second-order valence-corrected chi connectivity index (χ2v) is 8.50. The predicted molar refractivity (Wildman–Crippen MR) is 76.4 cm³/mol. The van der Waals surface area contributed by atoms with E-state index in [-0.39, 0.29) is 5.38 Å². The summed E-state index contributed by atoms with van der Waals surface area (Å²) in [5.41, 5.74) is 0.688. The van der Waals surface area contributed by atoms with E-state index in [0.717, 1.165) is 0 Å². The second-order valence-electron chi connectivity index (χ2n) is 5.89. The van der Waals surface area contributed by atoms with Gasteiger partial charge < -0.3 is 0 Å². The van der Waals surface area contributed by atoms with Crippen molar-refractivity contribution in [1.29, 1.82) is 0 Å². The lowest BCUT2D eigenvalue weighted by molar-refractivity contribution is 0.457. The molecular weight excluding hydrogens is 304 g/mol. The molecule has 16 heavy (non-hydrogen) atoms. The SMILES string of the molecule is Cc1cc(Br)c(C(Cl)C2C(C)(C)C2(C)C)s1. The van der Waals surface area contributed by atoms with Gasteiger partial charge in [0.1, 0.15) is 0 Å². The smallest absolute Gasteiger partial charge is 0.0728 e. The van der Waals surface area contributed by atoms with E-state index in [2.05, 4.69) is 56.6 Å². The Morgan fingerprint density at radius 2 is 1.81 bits per heavy atom. The topological polar surface area (TPSA) is 0 Å². The van der Waals surface area contributed by atoms with Crippen LogP contribution in [0.15, 0.2) is 10.5 Å². The number of aryl methyl sites for hydroxylation is 1. The predicted octanol–water partition coefficient (Wildman–Crippen LogP) is 5.78. The Morgan fingerprint density at radius 3 is 2.12 bits per heavy atom. The van der Waals surface area contributed by atoms with Crippen molar-refractivity contribution in [2.45, 2.75) is 40.0 Å². The molecule has 1 aromatic heterocycles. The van der Waals surface area contributed by atoms with Crippen LogP contribution in [0.4, 0.5) is 0 Å². The summed E-state index contributed by atoms with van der Waals surface area (Å²) < 4.78 is 1.17. The van der Waals surface area contributed by atoms with Crippen LogP contribution in [0.25, 0.3) is 0 Å². The molecule has 0 aromatic carbocycles. The summed E-state index contributed by atoms with van der Waals surface area (Å²) in [4.78, 5) is 2.62. The molecule has 2 rings (SSSR count). The first-order chi connectivity index (χ1) is 7.19. The number of thiophene rings is 1. The van der Waals surface area contributed by atoms with Crippen molar-refractivity contribution < 1.29 is 0 Å². The van der Waals surface area contributed by atoms with Crippen LogP contribution < -0.4 is 0 Å². The Labute approximate surface area is 116 Å². The molecule has 3 heteroatoms. The van der Waals surface area contributed by atoms with E-state index in [9.17, 15) is 0 Å².